The number of likely N-dealkylation sites (N-methyl/N-ethyl adjacent to an activating group) is 1. The Kier molecular flexibility index (Phi) is 4.26. The lowest BCUT2D eigenvalue weighted by atomic mass is 9.77. The number of rotatable bonds is 4. The zero-order valence-corrected chi connectivity index (χ0v) is 14.1. The molecule has 1 aromatic rings. The summed E-state index contributed by atoms with van der Waals surface area (Å²) in [7, 11) is 0. The third-order valence-electron chi connectivity index (χ3n) is 4.51. The van der Waals surface area contributed by atoms with Crippen LogP contribution in [0.2, 0.25) is 0 Å². The molecule has 2 heterocycles. The first kappa shape index (κ1) is 15.3. The van der Waals surface area contributed by atoms with Crippen LogP contribution in [0, 0.1) is 5.41 Å². The molecule has 0 aromatic carbocycles. The SMILES string of the molecule is CCN(CC1CCCO1)c1nc2c(s1)C(O)CC(C)(C)C2. The average Bonchev–Trinajstić information content (AvgIpc) is 3.03. The van der Waals surface area contributed by atoms with E-state index in [9.17, 15) is 5.11 Å². The number of aliphatic hydroxyl groups is 1. The number of thiazole rings is 1. The predicted octanol–water partition coefficient (Wildman–Crippen LogP) is 3.15. The van der Waals surface area contributed by atoms with Crippen molar-refractivity contribution < 1.29 is 9.84 Å². The van der Waals surface area contributed by atoms with Gasteiger partial charge in [0.15, 0.2) is 5.13 Å². The van der Waals surface area contributed by atoms with Crippen LogP contribution >= 0.6 is 11.3 Å². The van der Waals surface area contributed by atoms with Gasteiger partial charge < -0.3 is 14.7 Å². The van der Waals surface area contributed by atoms with E-state index in [0.717, 1.165) is 54.7 Å². The van der Waals surface area contributed by atoms with Crippen LogP contribution in [0.25, 0.3) is 0 Å². The van der Waals surface area contributed by atoms with E-state index >= 15 is 0 Å². The molecule has 1 saturated heterocycles. The van der Waals surface area contributed by atoms with E-state index in [-0.39, 0.29) is 11.5 Å². The monoisotopic (exact) mass is 310 g/mol. The van der Waals surface area contributed by atoms with E-state index < -0.39 is 0 Å². The molecule has 0 saturated carbocycles. The van der Waals surface area contributed by atoms with Gasteiger partial charge in [-0.15, -0.1) is 0 Å². The zero-order chi connectivity index (χ0) is 15.0. The summed E-state index contributed by atoms with van der Waals surface area (Å²) < 4.78 is 5.75. The van der Waals surface area contributed by atoms with Crippen molar-refractivity contribution in [2.75, 3.05) is 24.6 Å². The Morgan fingerprint density at radius 2 is 2.29 bits per heavy atom. The van der Waals surface area contributed by atoms with E-state index in [2.05, 4.69) is 25.7 Å². The van der Waals surface area contributed by atoms with E-state index in [0.29, 0.717) is 6.10 Å². The summed E-state index contributed by atoms with van der Waals surface area (Å²) in [6, 6.07) is 0. The third kappa shape index (κ3) is 3.25. The molecule has 118 valence electrons. The van der Waals surface area contributed by atoms with Gasteiger partial charge in [0.05, 0.1) is 22.8 Å². The molecule has 21 heavy (non-hydrogen) atoms. The largest absolute Gasteiger partial charge is 0.387 e. The normalized spacial score (nSPS) is 27.6. The van der Waals surface area contributed by atoms with Gasteiger partial charge in [-0.1, -0.05) is 25.2 Å². The van der Waals surface area contributed by atoms with E-state index in [1.807, 2.05) is 0 Å². The first-order valence-corrected chi connectivity index (χ1v) is 8.84. The molecular formula is C16H26N2O2S. The lowest BCUT2D eigenvalue weighted by molar-refractivity contribution is 0.102. The first-order valence-electron chi connectivity index (χ1n) is 8.03. The minimum Gasteiger partial charge on any atom is -0.387 e. The fraction of sp³-hybridized carbons (Fsp3) is 0.812. The fourth-order valence-electron chi connectivity index (χ4n) is 3.39. The Bertz CT molecular complexity index is 494. The second kappa shape index (κ2) is 5.86. The van der Waals surface area contributed by atoms with Crippen molar-refractivity contribution in [3.05, 3.63) is 10.6 Å². The summed E-state index contributed by atoms with van der Waals surface area (Å²) in [5.41, 5.74) is 1.24. The van der Waals surface area contributed by atoms with Gasteiger partial charge in [-0.25, -0.2) is 4.98 Å². The number of aliphatic hydroxyl groups excluding tert-OH is 1. The van der Waals surface area contributed by atoms with Crippen LogP contribution < -0.4 is 4.90 Å². The summed E-state index contributed by atoms with van der Waals surface area (Å²) in [4.78, 5) is 8.22. The van der Waals surface area contributed by atoms with E-state index in [1.54, 1.807) is 11.3 Å². The molecule has 1 N–H and O–H groups in total. The van der Waals surface area contributed by atoms with Gasteiger partial charge >= 0.3 is 0 Å². The van der Waals surface area contributed by atoms with Crippen molar-refractivity contribution in [2.45, 2.75) is 58.7 Å². The van der Waals surface area contributed by atoms with Gasteiger partial charge in [0, 0.05) is 19.7 Å². The minimum atomic E-state index is -0.351. The molecule has 1 aromatic heterocycles. The maximum Gasteiger partial charge on any atom is 0.185 e. The molecule has 1 aliphatic heterocycles. The molecule has 5 heteroatoms. The van der Waals surface area contributed by atoms with Crippen molar-refractivity contribution in [1.29, 1.82) is 0 Å². The number of anilines is 1. The topological polar surface area (TPSA) is 45.6 Å². The smallest absolute Gasteiger partial charge is 0.185 e. The van der Waals surface area contributed by atoms with Crippen molar-refractivity contribution in [3.63, 3.8) is 0 Å². The summed E-state index contributed by atoms with van der Waals surface area (Å²) in [5, 5.41) is 11.4. The molecule has 2 atom stereocenters. The van der Waals surface area contributed by atoms with Gasteiger partial charge in [-0.05, 0) is 38.0 Å². The van der Waals surface area contributed by atoms with Crippen LogP contribution in [0.15, 0.2) is 0 Å². The van der Waals surface area contributed by atoms with Crippen LogP contribution in [-0.4, -0.2) is 35.9 Å². The number of ether oxygens (including phenoxy) is 1. The summed E-state index contributed by atoms with van der Waals surface area (Å²) in [5.74, 6) is 0. The van der Waals surface area contributed by atoms with Gasteiger partial charge in [-0.2, -0.15) is 0 Å². The number of nitrogens with zero attached hydrogens (tertiary/aromatic N) is 2. The molecule has 1 aliphatic carbocycles. The first-order chi connectivity index (χ1) is 9.98. The highest BCUT2D eigenvalue weighted by Gasteiger charge is 2.34. The lowest BCUT2D eigenvalue weighted by Gasteiger charge is -2.31. The molecular weight excluding hydrogens is 284 g/mol. The van der Waals surface area contributed by atoms with Gasteiger partial charge in [0.25, 0.3) is 0 Å². The molecule has 0 spiro atoms. The van der Waals surface area contributed by atoms with Crippen LogP contribution in [-0.2, 0) is 11.2 Å². The minimum absolute atomic E-state index is 0.142. The number of hydrogen-bond donors (Lipinski definition) is 1. The van der Waals surface area contributed by atoms with Crippen LogP contribution in [0.1, 0.15) is 56.7 Å². The highest BCUT2D eigenvalue weighted by Crippen LogP contribution is 2.44. The van der Waals surface area contributed by atoms with E-state index in [1.165, 1.54) is 6.42 Å². The molecule has 0 amide bonds. The predicted molar refractivity (Wildman–Crippen MR) is 86.0 cm³/mol. The quantitative estimate of drug-likeness (QED) is 0.928. The van der Waals surface area contributed by atoms with Gasteiger partial charge in [0.1, 0.15) is 0 Å². The highest BCUT2D eigenvalue weighted by molar-refractivity contribution is 7.15. The highest BCUT2D eigenvalue weighted by atomic mass is 32.1. The lowest BCUT2D eigenvalue weighted by Crippen LogP contribution is -2.32. The third-order valence-corrected chi connectivity index (χ3v) is 5.77. The molecule has 2 unspecified atom stereocenters. The second-order valence-electron chi connectivity index (χ2n) is 7.04. The van der Waals surface area contributed by atoms with Crippen molar-refractivity contribution in [2.24, 2.45) is 5.41 Å². The molecule has 0 bridgehead atoms. The molecule has 3 rings (SSSR count). The van der Waals surface area contributed by atoms with Gasteiger partial charge in [-0.3, -0.25) is 0 Å². The van der Waals surface area contributed by atoms with Crippen LogP contribution in [0.5, 0.6) is 0 Å². The standard InChI is InChI=1S/C16H26N2O2S/c1-4-18(10-11-6-5-7-20-11)15-17-12-8-16(2,3)9-13(19)14(12)21-15/h11,13,19H,4-10H2,1-3H3. The Morgan fingerprint density at radius 1 is 1.48 bits per heavy atom. The Morgan fingerprint density at radius 3 is 2.95 bits per heavy atom. The van der Waals surface area contributed by atoms with Crippen LogP contribution in [0.3, 0.4) is 0 Å². The average molecular weight is 310 g/mol. The maximum atomic E-state index is 10.4. The fourth-order valence-corrected chi connectivity index (χ4v) is 4.53. The Hall–Kier alpha value is -0.650. The maximum absolute atomic E-state index is 10.4. The van der Waals surface area contributed by atoms with Crippen molar-refractivity contribution in [3.8, 4) is 0 Å². The summed E-state index contributed by atoms with van der Waals surface area (Å²) in [6.07, 6.45) is 4.11. The Labute approximate surface area is 131 Å². The second-order valence-corrected chi connectivity index (χ2v) is 8.05. The molecule has 4 nitrogen and oxygen atoms in total. The zero-order valence-electron chi connectivity index (χ0n) is 13.3. The van der Waals surface area contributed by atoms with Gasteiger partial charge in [0.2, 0.25) is 0 Å². The van der Waals surface area contributed by atoms with Crippen molar-refractivity contribution >= 4 is 16.5 Å². The van der Waals surface area contributed by atoms with E-state index in [4.69, 9.17) is 9.72 Å². The molecule has 0 radical (unpaired) electrons. The number of hydrogen-bond acceptors (Lipinski definition) is 5. The number of aromatic nitrogens is 1. The Balaban J connectivity index is 1.79. The molecule has 1 fully saturated rings. The summed E-state index contributed by atoms with van der Waals surface area (Å²) >= 11 is 1.67. The van der Waals surface area contributed by atoms with Crippen molar-refractivity contribution in [1.82, 2.24) is 4.98 Å². The number of fused-ring (bicyclic) bond motifs is 1. The van der Waals surface area contributed by atoms with Crippen LogP contribution in [0.4, 0.5) is 5.13 Å². The molecule has 2 aliphatic rings. The summed E-state index contributed by atoms with van der Waals surface area (Å²) in [6.45, 7) is 9.33.